The van der Waals surface area contributed by atoms with E-state index in [2.05, 4.69) is 59.1 Å². The smallest absolute Gasteiger partial charge is 0.291 e. The van der Waals surface area contributed by atoms with Crippen LogP contribution < -0.4 is 16.0 Å². The summed E-state index contributed by atoms with van der Waals surface area (Å²) in [5, 5.41) is 9.54. The van der Waals surface area contributed by atoms with Crippen molar-refractivity contribution in [2.45, 2.75) is 25.8 Å². The Morgan fingerprint density at radius 1 is 0.968 bits per heavy atom. The van der Waals surface area contributed by atoms with Crippen molar-refractivity contribution in [2.24, 2.45) is 4.99 Å². The molecule has 0 aliphatic heterocycles. The van der Waals surface area contributed by atoms with Crippen LogP contribution in [0, 0.1) is 0 Å². The molecular formula is C24H29IN4O2. The molecule has 0 aliphatic carbocycles. The number of furan rings is 1. The van der Waals surface area contributed by atoms with Crippen molar-refractivity contribution in [3.05, 3.63) is 89.9 Å². The Hall–Kier alpha value is -2.81. The van der Waals surface area contributed by atoms with Crippen LogP contribution in [0.1, 0.15) is 35.5 Å². The zero-order valence-corrected chi connectivity index (χ0v) is 20.3. The molecule has 0 bridgehead atoms. The third-order valence-electron chi connectivity index (χ3n) is 4.89. The minimum Gasteiger partial charge on any atom is -0.459 e. The van der Waals surface area contributed by atoms with Crippen molar-refractivity contribution in [3.8, 4) is 0 Å². The Morgan fingerprint density at radius 3 is 2.29 bits per heavy atom. The number of aliphatic imine (C=N–C) groups is 1. The first-order valence-electron chi connectivity index (χ1n) is 9.92. The van der Waals surface area contributed by atoms with Gasteiger partial charge in [0, 0.05) is 31.2 Å². The highest BCUT2D eigenvalue weighted by molar-refractivity contribution is 14.0. The highest BCUT2D eigenvalue weighted by Gasteiger charge is 2.20. The number of carbonyl (C=O) groups is 1. The zero-order chi connectivity index (χ0) is 21.4. The molecule has 1 aromatic heterocycles. The Bertz CT molecular complexity index is 969. The van der Waals surface area contributed by atoms with Crippen molar-refractivity contribution in [1.82, 2.24) is 10.6 Å². The normalized spacial score (nSPS) is 11.4. The Kier molecular flexibility index (Phi) is 9.11. The minimum absolute atomic E-state index is 0. The average molecular weight is 532 g/mol. The third-order valence-corrected chi connectivity index (χ3v) is 4.89. The fraction of sp³-hybridized carbons (Fsp3) is 0.250. The van der Waals surface area contributed by atoms with Crippen LogP contribution in [-0.4, -0.2) is 25.5 Å². The number of rotatable bonds is 7. The van der Waals surface area contributed by atoms with E-state index in [1.807, 2.05) is 30.3 Å². The number of nitrogens with one attached hydrogen (secondary N) is 3. The lowest BCUT2D eigenvalue weighted by Crippen LogP contribution is -2.43. The summed E-state index contributed by atoms with van der Waals surface area (Å²) in [7, 11) is 1.76. The number of hydrogen-bond acceptors (Lipinski definition) is 3. The van der Waals surface area contributed by atoms with Gasteiger partial charge >= 0.3 is 0 Å². The van der Waals surface area contributed by atoms with E-state index in [-0.39, 0.29) is 41.1 Å². The van der Waals surface area contributed by atoms with E-state index in [9.17, 15) is 4.79 Å². The largest absolute Gasteiger partial charge is 0.459 e. The number of halogens is 1. The molecule has 0 spiro atoms. The standard InChI is InChI=1S/C24H28N4O2.HI/c1-24(2,19-8-5-4-6-9-19)17-27-23(25-3)26-16-18-11-13-20(14-12-18)28-22(29)21-10-7-15-30-21;/h4-15H,16-17H2,1-3H3,(H,28,29)(H2,25,26,27);1H. The van der Waals surface area contributed by atoms with Crippen molar-refractivity contribution in [1.29, 1.82) is 0 Å². The summed E-state index contributed by atoms with van der Waals surface area (Å²) in [4.78, 5) is 16.3. The maximum absolute atomic E-state index is 12.0. The molecule has 164 valence electrons. The molecule has 0 atom stereocenters. The maximum atomic E-state index is 12.0. The summed E-state index contributed by atoms with van der Waals surface area (Å²) in [6.45, 7) is 5.79. The lowest BCUT2D eigenvalue weighted by molar-refractivity contribution is 0.0996. The highest BCUT2D eigenvalue weighted by atomic mass is 127. The first-order chi connectivity index (χ1) is 14.5. The van der Waals surface area contributed by atoms with Crippen LogP contribution in [0.4, 0.5) is 5.69 Å². The van der Waals surface area contributed by atoms with Gasteiger partial charge in [-0.3, -0.25) is 9.79 Å². The summed E-state index contributed by atoms with van der Waals surface area (Å²) < 4.78 is 5.10. The summed E-state index contributed by atoms with van der Waals surface area (Å²) >= 11 is 0. The second-order valence-corrected chi connectivity index (χ2v) is 7.66. The molecule has 0 saturated carbocycles. The quantitative estimate of drug-likeness (QED) is 0.232. The molecule has 0 radical (unpaired) electrons. The summed E-state index contributed by atoms with van der Waals surface area (Å²) in [5.41, 5.74) is 3.05. The lowest BCUT2D eigenvalue weighted by Gasteiger charge is -2.26. The first-order valence-corrected chi connectivity index (χ1v) is 9.92. The van der Waals surface area contributed by atoms with Gasteiger partial charge in [0.05, 0.1) is 6.26 Å². The Balaban J connectivity index is 0.00000341. The molecule has 0 fully saturated rings. The van der Waals surface area contributed by atoms with Crippen molar-refractivity contribution < 1.29 is 9.21 Å². The van der Waals surface area contributed by atoms with Crippen LogP contribution in [-0.2, 0) is 12.0 Å². The van der Waals surface area contributed by atoms with Crippen LogP contribution >= 0.6 is 24.0 Å². The topological polar surface area (TPSA) is 78.7 Å². The predicted octanol–water partition coefficient (Wildman–Crippen LogP) is 4.79. The number of amides is 1. The third kappa shape index (κ3) is 7.13. The van der Waals surface area contributed by atoms with E-state index >= 15 is 0 Å². The van der Waals surface area contributed by atoms with Crippen LogP contribution in [0.3, 0.4) is 0 Å². The number of benzene rings is 2. The van der Waals surface area contributed by atoms with Gasteiger partial charge in [-0.2, -0.15) is 0 Å². The number of nitrogens with zero attached hydrogens (tertiary/aromatic N) is 1. The van der Waals surface area contributed by atoms with Gasteiger partial charge in [0.25, 0.3) is 5.91 Å². The van der Waals surface area contributed by atoms with E-state index < -0.39 is 0 Å². The lowest BCUT2D eigenvalue weighted by atomic mass is 9.85. The van der Waals surface area contributed by atoms with Crippen molar-refractivity contribution >= 4 is 41.5 Å². The average Bonchev–Trinajstić information content (AvgIpc) is 3.31. The monoisotopic (exact) mass is 532 g/mol. The highest BCUT2D eigenvalue weighted by Crippen LogP contribution is 2.21. The number of guanidine groups is 1. The van der Waals surface area contributed by atoms with Gasteiger partial charge in [-0.05, 0) is 35.4 Å². The van der Waals surface area contributed by atoms with E-state index in [1.165, 1.54) is 11.8 Å². The van der Waals surface area contributed by atoms with E-state index in [1.54, 1.807) is 19.2 Å². The fourth-order valence-corrected chi connectivity index (χ4v) is 3.01. The molecule has 3 N–H and O–H groups in total. The van der Waals surface area contributed by atoms with Gasteiger partial charge in [-0.1, -0.05) is 56.3 Å². The molecule has 3 rings (SSSR count). The van der Waals surface area contributed by atoms with Crippen molar-refractivity contribution in [3.63, 3.8) is 0 Å². The number of anilines is 1. The second-order valence-electron chi connectivity index (χ2n) is 7.66. The second kappa shape index (κ2) is 11.5. The van der Waals surface area contributed by atoms with Gasteiger partial charge < -0.3 is 20.4 Å². The molecule has 6 nitrogen and oxygen atoms in total. The summed E-state index contributed by atoms with van der Waals surface area (Å²) in [6.07, 6.45) is 1.48. The van der Waals surface area contributed by atoms with Gasteiger partial charge in [-0.25, -0.2) is 0 Å². The molecule has 7 heteroatoms. The van der Waals surface area contributed by atoms with E-state index in [4.69, 9.17) is 4.42 Å². The molecule has 2 aromatic carbocycles. The Morgan fingerprint density at radius 2 is 1.68 bits per heavy atom. The van der Waals surface area contributed by atoms with Gasteiger partial charge in [-0.15, -0.1) is 24.0 Å². The van der Waals surface area contributed by atoms with Crippen LogP contribution in [0.25, 0.3) is 0 Å². The van der Waals surface area contributed by atoms with E-state index in [0.29, 0.717) is 12.2 Å². The fourth-order valence-electron chi connectivity index (χ4n) is 3.01. The maximum Gasteiger partial charge on any atom is 0.291 e. The molecule has 0 aliphatic rings. The molecule has 1 amide bonds. The van der Waals surface area contributed by atoms with Crippen LogP contribution in [0.15, 0.2) is 82.4 Å². The molecule has 1 heterocycles. The predicted molar refractivity (Wildman–Crippen MR) is 136 cm³/mol. The van der Waals surface area contributed by atoms with Gasteiger partial charge in [0.1, 0.15) is 0 Å². The zero-order valence-electron chi connectivity index (χ0n) is 18.0. The Labute approximate surface area is 200 Å². The number of carbonyl (C=O) groups excluding carboxylic acids is 1. The van der Waals surface area contributed by atoms with Crippen LogP contribution in [0.5, 0.6) is 0 Å². The van der Waals surface area contributed by atoms with E-state index in [0.717, 1.165) is 18.1 Å². The minimum atomic E-state index is -0.267. The molecule has 3 aromatic rings. The molecule has 0 unspecified atom stereocenters. The summed E-state index contributed by atoms with van der Waals surface area (Å²) in [5.74, 6) is 0.764. The van der Waals surface area contributed by atoms with Crippen molar-refractivity contribution in [2.75, 3.05) is 18.9 Å². The van der Waals surface area contributed by atoms with Crippen LogP contribution in [0.2, 0.25) is 0 Å². The molecule has 31 heavy (non-hydrogen) atoms. The SMILES string of the molecule is CN=C(NCc1ccc(NC(=O)c2ccco2)cc1)NCC(C)(C)c1ccccc1.I. The number of hydrogen-bond donors (Lipinski definition) is 3. The molecular weight excluding hydrogens is 503 g/mol. The van der Waals surface area contributed by atoms with Gasteiger partial charge in [0.2, 0.25) is 0 Å². The first kappa shape index (κ1) is 24.5. The van der Waals surface area contributed by atoms with Gasteiger partial charge in [0.15, 0.2) is 11.7 Å². The summed E-state index contributed by atoms with van der Waals surface area (Å²) in [6, 6.07) is 21.4. The molecule has 0 saturated heterocycles.